The summed E-state index contributed by atoms with van der Waals surface area (Å²) in [5.41, 5.74) is 5.86. The first kappa shape index (κ1) is 17.0. The van der Waals surface area contributed by atoms with Crippen molar-refractivity contribution in [2.45, 2.75) is 64.3 Å². The van der Waals surface area contributed by atoms with Gasteiger partial charge in [0.2, 0.25) is 11.8 Å². The molecule has 0 bridgehead atoms. The van der Waals surface area contributed by atoms with Crippen molar-refractivity contribution in [3.8, 4) is 0 Å². The highest BCUT2D eigenvalue weighted by Gasteiger charge is 2.19. The molecule has 0 saturated heterocycles. The highest BCUT2D eigenvalue weighted by Crippen LogP contribution is 2.26. The van der Waals surface area contributed by atoms with E-state index in [1.165, 1.54) is 0 Å². The van der Waals surface area contributed by atoms with E-state index in [0.717, 1.165) is 38.5 Å². The zero-order chi connectivity index (χ0) is 14.8. The molecule has 20 heavy (non-hydrogen) atoms. The van der Waals surface area contributed by atoms with Gasteiger partial charge in [-0.25, -0.2) is 0 Å². The van der Waals surface area contributed by atoms with Crippen molar-refractivity contribution in [3.05, 3.63) is 0 Å². The Labute approximate surface area is 122 Å². The van der Waals surface area contributed by atoms with Crippen molar-refractivity contribution in [3.63, 3.8) is 0 Å². The molecule has 116 valence electrons. The van der Waals surface area contributed by atoms with Gasteiger partial charge in [0.05, 0.1) is 0 Å². The van der Waals surface area contributed by atoms with Gasteiger partial charge in [-0.05, 0) is 44.4 Å². The van der Waals surface area contributed by atoms with Crippen molar-refractivity contribution in [2.24, 2.45) is 11.7 Å². The van der Waals surface area contributed by atoms with E-state index in [-0.39, 0.29) is 11.8 Å². The second-order valence-electron chi connectivity index (χ2n) is 5.77. The van der Waals surface area contributed by atoms with Crippen molar-refractivity contribution >= 4 is 11.8 Å². The van der Waals surface area contributed by atoms with Gasteiger partial charge in [0.15, 0.2) is 0 Å². The minimum atomic E-state index is 0.00779. The molecule has 1 rings (SSSR count). The minimum Gasteiger partial charge on any atom is -0.356 e. The monoisotopic (exact) mass is 283 g/mol. The second kappa shape index (κ2) is 9.75. The maximum Gasteiger partial charge on any atom is 0.221 e. The lowest BCUT2D eigenvalue weighted by molar-refractivity contribution is -0.122. The molecule has 0 spiro atoms. The molecule has 5 heteroatoms. The molecule has 0 aromatic rings. The standard InChI is InChI=1S/C15H29N3O2/c1-2-10-17-15(20)9-11-18-14(19)8-5-12-3-6-13(16)7-4-12/h12-13H,2-11,16H2,1H3,(H,17,20)(H,18,19). The Kier molecular flexibility index (Phi) is 8.26. The molecular formula is C15H29N3O2. The zero-order valence-electron chi connectivity index (χ0n) is 12.6. The summed E-state index contributed by atoms with van der Waals surface area (Å²) in [5, 5.41) is 5.61. The fraction of sp³-hybridized carbons (Fsp3) is 0.867. The Hall–Kier alpha value is -1.10. The number of amides is 2. The third-order valence-electron chi connectivity index (χ3n) is 3.92. The summed E-state index contributed by atoms with van der Waals surface area (Å²) >= 11 is 0. The van der Waals surface area contributed by atoms with Crippen LogP contribution in [0.4, 0.5) is 0 Å². The lowest BCUT2D eigenvalue weighted by atomic mass is 9.84. The van der Waals surface area contributed by atoms with E-state index in [4.69, 9.17) is 5.73 Å². The molecule has 0 unspecified atom stereocenters. The summed E-state index contributed by atoms with van der Waals surface area (Å²) in [6.45, 7) is 3.15. The molecule has 0 aromatic carbocycles. The molecule has 2 amide bonds. The molecule has 0 aliphatic heterocycles. The number of nitrogens with one attached hydrogen (secondary N) is 2. The van der Waals surface area contributed by atoms with Crippen molar-refractivity contribution in [2.75, 3.05) is 13.1 Å². The molecule has 1 saturated carbocycles. The molecule has 0 aromatic heterocycles. The van der Waals surface area contributed by atoms with Crippen molar-refractivity contribution < 1.29 is 9.59 Å². The first-order valence-corrected chi connectivity index (χ1v) is 7.90. The average molecular weight is 283 g/mol. The minimum absolute atomic E-state index is 0.00779. The van der Waals surface area contributed by atoms with Gasteiger partial charge < -0.3 is 16.4 Å². The van der Waals surface area contributed by atoms with E-state index in [2.05, 4.69) is 10.6 Å². The highest BCUT2D eigenvalue weighted by atomic mass is 16.2. The molecule has 0 heterocycles. The van der Waals surface area contributed by atoms with E-state index in [1.807, 2.05) is 6.92 Å². The van der Waals surface area contributed by atoms with E-state index >= 15 is 0 Å². The van der Waals surface area contributed by atoms with Crippen LogP contribution >= 0.6 is 0 Å². The lowest BCUT2D eigenvalue weighted by Crippen LogP contribution is -2.31. The first-order chi connectivity index (χ1) is 9.61. The second-order valence-corrected chi connectivity index (χ2v) is 5.77. The van der Waals surface area contributed by atoms with E-state index in [0.29, 0.717) is 37.9 Å². The normalized spacial score (nSPS) is 22.3. The Morgan fingerprint density at radius 3 is 2.25 bits per heavy atom. The number of hydrogen-bond acceptors (Lipinski definition) is 3. The molecule has 1 fully saturated rings. The first-order valence-electron chi connectivity index (χ1n) is 7.90. The molecule has 0 atom stereocenters. The lowest BCUT2D eigenvalue weighted by Gasteiger charge is -2.25. The number of rotatable bonds is 8. The third kappa shape index (κ3) is 7.48. The molecule has 5 nitrogen and oxygen atoms in total. The van der Waals surface area contributed by atoms with Crippen LogP contribution in [0.2, 0.25) is 0 Å². The molecule has 4 N–H and O–H groups in total. The van der Waals surface area contributed by atoms with E-state index < -0.39 is 0 Å². The summed E-state index contributed by atoms with van der Waals surface area (Å²) in [4.78, 5) is 23.0. The van der Waals surface area contributed by atoms with Crippen LogP contribution in [0.25, 0.3) is 0 Å². The molecule has 0 radical (unpaired) electrons. The fourth-order valence-corrected chi connectivity index (χ4v) is 2.57. The van der Waals surface area contributed by atoms with Crippen LogP contribution in [0.3, 0.4) is 0 Å². The van der Waals surface area contributed by atoms with Crippen LogP contribution < -0.4 is 16.4 Å². The number of carbonyl (C=O) groups is 2. The Balaban J connectivity index is 2.01. The maximum absolute atomic E-state index is 11.7. The quantitative estimate of drug-likeness (QED) is 0.628. The number of carbonyl (C=O) groups excluding carboxylic acids is 2. The molecule has 1 aliphatic rings. The smallest absolute Gasteiger partial charge is 0.221 e. The van der Waals surface area contributed by atoms with Gasteiger partial charge in [-0.3, -0.25) is 9.59 Å². The average Bonchev–Trinajstić information content (AvgIpc) is 2.44. The van der Waals surface area contributed by atoms with Crippen LogP contribution in [0.1, 0.15) is 58.3 Å². The van der Waals surface area contributed by atoms with Crippen molar-refractivity contribution in [1.29, 1.82) is 0 Å². The number of hydrogen-bond donors (Lipinski definition) is 3. The van der Waals surface area contributed by atoms with Gasteiger partial charge >= 0.3 is 0 Å². The van der Waals surface area contributed by atoms with Gasteiger partial charge in [0.1, 0.15) is 0 Å². The fourth-order valence-electron chi connectivity index (χ4n) is 2.57. The maximum atomic E-state index is 11.7. The van der Waals surface area contributed by atoms with Crippen LogP contribution in [0, 0.1) is 5.92 Å². The summed E-state index contributed by atoms with van der Waals surface area (Å²) in [6.07, 6.45) is 7.28. The SMILES string of the molecule is CCCNC(=O)CCNC(=O)CCC1CCC(N)CC1. The zero-order valence-corrected chi connectivity index (χ0v) is 12.6. The predicted molar refractivity (Wildman–Crippen MR) is 80.1 cm³/mol. The van der Waals surface area contributed by atoms with Crippen LogP contribution in [0.5, 0.6) is 0 Å². The van der Waals surface area contributed by atoms with Crippen molar-refractivity contribution in [1.82, 2.24) is 10.6 Å². The highest BCUT2D eigenvalue weighted by molar-refractivity contribution is 5.78. The topological polar surface area (TPSA) is 84.2 Å². The van der Waals surface area contributed by atoms with Gasteiger partial charge in [0.25, 0.3) is 0 Å². The van der Waals surface area contributed by atoms with E-state index in [9.17, 15) is 9.59 Å². The molecule has 1 aliphatic carbocycles. The van der Waals surface area contributed by atoms with Gasteiger partial charge in [0, 0.05) is 32.0 Å². The van der Waals surface area contributed by atoms with Gasteiger partial charge in [-0.15, -0.1) is 0 Å². The van der Waals surface area contributed by atoms with Gasteiger partial charge in [-0.1, -0.05) is 6.92 Å². The largest absolute Gasteiger partial charge is 0.356 e. The Morgan fingerprint density at radius 1 is 1.00 bits per heavy atom. The summed E-state index contributed by atoms with van der Waals surface area (Å²) in [7, 11) is 0. The summed E-state index contributed by atoms with van der Waals surface area (Å²) < 4.78 is 0. The molecular weight excluding hydrogens is 254 g/mol. The van der Waals surface area contributed by atoms with Gasteiger partial charge in [-0.2, -0.15) is 0 Å². The Morgan fingerprint density at radius 2 is 1.60 bits per heavy atom. The Bertz CT molecular complexity index is 299. The van der Waals surface area contributed by atoms with Crippen LogP contribution in [-0.4, -0.2) is 30.9 Å². The van der Waals surface area contributed by atoms with Crippen LogP contribution in [-0.2, 0) is 9.59 Å². The van der Waals surface area contributed by atoms with E-state index in [1.54, 1.807) is 0 Å². The summed E-state index contributed by atoms with van der Waals surface area (Å²) in [6, 6.07) is 0.363. The van der Waals surface area contributed by atoms with Crippen LogP contribution in [0.15, 0.2) is 0 Å². The predicted octanol–water partition coefficient (Wildman–Crippen LogP) is 1.32. The third-order valence-corrected chi connectivity index (χ3v) is 3.92. The summed E-state index contributed by atoms with van der Waals surface area (Å²) in [5.74, 6) is 0.713. The number of nitrogens with two attached hydrogens (primary N) is 1.